The first-order chi connectivity index (χ1) is 8.59. The first-order valence-corrected chi connectivity index (χ1v) is 6.04. The maximum atomic E-state index is 12.5. The standard InChI is InChI=1S/C16H14O2/c1-9-6-7-10(2)15-12(9)8-13-11(16(15)18)4-3-5-14(13)17/h3-7,17H,8H2,1-2H3. The summed E-state index contributed by atoms with van der Waals surface area (Å²) in [5, 5.41) is 9.91. The SMILES string of the molecule is Cc1ccc(C)c2c1Cc1c(O)cccc1C2=O. The minimum atomic E-state index is 0.0309. The Morgan fingerprint density at radius 3 is 2.50 bits per heavy atom. The third kappa shape index (κ3) is 1.39. The van der Waals surface area contributed by atoms with Crippen molar-refractivity contribution < 1.29 is 9.90 Å². The molecule has 2 heteroatoms. The summed E-state index contributed by atoms with van der Waals surface area (Å²) in [7, 11) is 0. The molecule has 0 radical (unpaired) electrons. The summed E-state index contributed by atoms with van der Waals surface area (Å²) < 4.78 is 0. The molecule has 2 aromatic rings. The third-order valence-corrected chi connectivity index (χ3v) is 3.73. The number of carbonyl (C=O) groups is 1. The topological polar surface area (TPSA) is 37.3 Å². The van der Waals surface area contributed by atoms with Crippen LogP contribution in [0.1, 0.15) is 38.2 Å². The van der Waals surface area contributed by atoms with Crippen molar-refractivity contribution in [3.8, 4) is 5.75 Å². The highest BCUT2D eigenvalue weighted by molar-refractivity contribution is 6.13. The second-order valence-corrected chi connectivity index (χ2v) is 4.86. The van der Waals surface area contributed by atoms with Gasteiger partial charge in [0.25, 0.3) is 0 Å². The average molecular weight is 238 g/mol. The molecule has 3 rings (SSSR count). The quantitative estimate of drug-likeness (QED) is 0.653. The number of fused-ring (bicyclic) bond motifs is 2. The molecule has 0 amide bonds. The Bertz CT molecular complexity index is 669. The van der Waals surface area contributed by atoms with E-state index in [0.717, 1.165) is 27.8 Å². The normalized spacial score (nSPS) is 13.1. The van der Waals surface area contributed by atoms with Gasteiger partial charge in [-0.05, 0) is 36.6 Å². The van der Waals surface area contributed by atoms with Gasteiger partial charge in [0.05, 0.1) is 0 Å². The van der Waals surface area contributed by atoms with Gasteiger partial charge in [-0.3, -0.25) is 4.79 Å². The highest BCUT2D eigenvalue weighted by Gasteiger charge is 2.27. The molecule has 0 heterocycles. The summed E-state index contributed by atoms with van der Waals surface area (Å²) in [5.74, 6) is 0.246. The minimum absolute atomic E-state index is 0.0309. The van der Waals surface area contributed by atoms with Crippen LogP contribution in [0.3, 0.4) is 0 Å². The van der Waals surface area contributed by atoms with Gasteiger partial charge in [0.1, 0.15) is 5.75 Å². The maximum absolute atomic E-state index is 12.5. The van der Waals surface area contributed by atoms with E-state index in [1.807, 2.05) is 26.0 Å². The number of phenolic OH excluding ortho intramolecular Hbond substituents is 1. The Labute approximate surface area is 106 Å². The van der Waals surface area contributed by atoms with Crippen LogP contribution in [-0.2, 0) is 6.42 Å². The van der Waals surface area contributed by atoms with Gasteiger partial charge in [-0.2, -0.15) is 0 Å². The second-order valence-electron chi connectivity index (χ2n) is 4.86. The fraction of sp³-hybridized carbons (Fsp3) is 0.188. The van der Waals surface area contributed by atoms with E-state index in [0.29, 0.717) is 12.0 Å². The van der Waals surface area contributed by atoms with Crippen LogP contribution in [0.4, 0.5) is 0 Å². The number of hydrogen-bond acceptors (Lipinski definition) is 2. The highest BCUT2D eigenvalue weighted by atomic mass is 16.3. The lowest BCUT2D eigenvalue weighted by atomic mass is 9.80. The number of phenols is 1. The fourth-order valence-corrected chi connectivity index (χ4v) is 2.70. The molecule has 2 nitrogen and oxygen atoms in total. The Balaban J connectivity index is 2.32. The van der Waals surface area contributed by atoms with Crippen molar-refractivity contribution in [3.63, 3.8) is 0 Å². The van der Waals surface area contributed by atoms with Crippen LogP contribution in [0.25, 0.3) is 0 Å². The molecule has 0 saturated heterocycles. The van der Waals surface area contributed by atoms with Crippen LogP contribution in [-0.4, -0.2) is 10.9 Å². The molecule has 0 spiro atoms. The number of rotatable bonds is 0. The summed E-state index contributed by atoms with van der Waals surface area (Å²) in [5.41, 5.74) is 5.37. The van der Waals surface area contributed by atoms with E-state index in [1.165, 1.54) is 0 Å². The maximum Gasteiger partial charge on any atom is 0.194 e. The molecule has 0 bridgehead atoms. The number of benzene rings is 2. The molecule has 18 heavy (non-hydrogen) atoms. The van der Waals surface area contributed by atoms with E-state index < -0.39 is 0 Å². The van der Waals surface area contributed by atoms with Gasteiger partial charge in [-0.1, -0.05) is 24.3 Å². The molecule has 90 valence electrons. The predicted octanol–water partition coefficient (Wildman–Crippen LogP) is 3.14. The van der Waals surface area contributed by atoms with E-state index in [-0.39, 0.29) is 11.5 Å². The van der Waals surface area contributed by atoms with Gasteiger partial charge in [-0.15, -0.1) is 0 Å². The van der Waals surface area contributed by atoms with Crippen LogP contribution < -0.4 is 0 Å². The van der Waals surface area contributed by atoms with Crippen LogP contribution in [0.2, 0.25) is 0 Å². The van der Waals surface area contributed by atoms with E-state index in [1.54, 1.807) is 18.2 Å². The lowest BCUT2D eigenvalue weighted by Crippen LogP contribution is -2.17. The largest absolute Gasteiger partial charge is 0.508 e. The first-order valence-electron chi connectivity index (χ1n) is 6.04. The fourth-order valence-electron chi connectivity index (χ4n) is 2.70. The molecule has 0 aliphatic heterocycles. The van der Waals surface area contributed by atoms with E-state index >= 15 is 0 Å². The van der Waals surface area contributed by atoms with Crippen molar-refractivity contribution in [1.29, 1.82) is 0 Å². The first kappa shape index (κ1) is 11.0. The van der Waals surface area contributed by atoms with Crippen molar-refractivity contribution in [3.05, 3.63) is 63.7 Å². The number of carbonyl (C=O) groups excluding carboxylic acids is 1. The van der Waals surface area contributed by atoms with Gasteiger partial charge in [0, 0.05) is 23.1 Å². The van der Waals surface area contributed by atoms with Crippen LogP contribution >= 0.6 is 0 Å². The zero-order valence-electron chi connectivity index (χ0n) is 10.4. The lowest BCUT2D eigenvalue weighted by Gasteiger charge is -2.22. The summed E-state index contributed by atoms with van der Waals surface area (Å²) in [6.07, 6.45) is 0.636. The van der Waals surface area contributed by atoms with Crippen molar-refractivity contribution in [2.24, 2.45) is 0 Å². The van der Waals surface area contributed by atoms with E-state index in [4.69, 9.17) is 0 Å². The molecule has 2 aromatic carbocycles. The summed E-state index contributed by atoms with van der Waals surface area (Å²) >= 11 is 0. The lowest BCUT2D eigenvalue weighted by molar-refractivity contribution is 0.103. The van der Waals surface area contributed by atoms with Gasteiger partial charge < -0.3 is 5.11 Å². The summed E-state index contributed by atoms with van der Waals surface area (Å²) in [6, 6.07) is 9.18. The predicted molar refractivity (Wildman–Crippen MR) is 70.3 cm³/mol. The molecule has 0 saturated carbocycles. The third-order valence-electron chi connectivity index (χ3n) is 3.73. The monoisotopic (exact) mass is 238 g/mol. The van der Waals surface area contributed by atoms with Crippen LogP contribution in [0, 0.1) is 13.8 Å². The molecule has 0 atom stereocenters. The van der Waals surface area contributed by atoms with Crippen molar-refractivity contribution >= 4 is 5.78 Å². The Morgan fingerprint density at radius 1 is 1.00 bits per heavy atom. The van der Waals surface area contributed by atoms with Crippen molar-refractivity contribution in [2.75, 3.05) is 0 Å². The molecule has 1 aliphatic carbocycles. The van der Waals surface area contributed by atoms with Gasteiger partial charge in [0.2, 0.25) is 0 Å². The second kappa shape index (κ2) is 3.70. The highest BCUT2D eigenvalue weighted by Crippen LogP contribution is 2.35. The van der Waals surface area contributed by atoms with Crippen LogP contribution in [0.5, 0.6) is 5.75 Å². The summed E-state index contributed by atoms with van der Waals surface area (Å²) in [6.45, 7) is 3.97. The van der Waals surface area contributed by atoms with Gasteiger partial charge in [0.15, 0.2) is 5.78 Å². The zero-order chi connectivity index (χ0) is 12.9. The van der Waals surface area contributed by atoms with Crippen LogP contribution in [0.15, 0.2) is 30.3 Å². The molecule has 1 aliphatic rings. The number of aromatic hydroxyl groups is 1. The molecule has 1 N–H and O–H groups in total. The number of aryl methyl sites for hydroxylation is 2. The average Bonchev–Trinajstić information content (AvgIpc) is 2.35. The smallest absolute Gasteiger partial charge is 0.194 e. The molecular weight excluding hydrogens is 224 g/mol. The molecule has 0 aromatic heterocycles. The Hall–Kier alpha value is -2.09. The molecule has 0 unspecified atom stereocenters. The van der Waals surface area contributed by atoms with Gasteiger partial charge >= 0.3 is 0 Å². The molecule has 0 fully saturated rings. The number of ketones is 1. The Morgan fingerprint density at radius 2 is 1.72 bits per heavy atom. The number of hydrogen-bond donors (Lipinski definition) is 1. The van der Waals surface area contributed by atoms with E-state index in [2.05, 4.69) is 0 Å². The van der Waals surface area contributed by atoms with Gasteiger partial charge in [-0.25, -0.2) is 0 Å². The zero-order valence-corrected chi connectivity index (χ0v) is 10.4. The van der Waals surface area contributed by atoms with Crippen molar-refractivity contribution in [1.82, 2.24) is 0 Å². The Kier molecular flexibility index (Phi) is 2.27. The minimum Gasteiger partial charge on any atom is -0.508 e. The summed E-state index contributed by atoms with van der Waals surface area (Å²) in [4.78, 5) is 12.5. The molecular formula is C16H14O2. The van der Waals surface area contributed by atoms with E-state index in [9.17, 15) is 9.90 Å². The van der Waals surface area contributed by atoms with Crippen molar-refractivity contribution in [2.45, 2.75) is 20.3 Å².